The van der Waals surface area contributed by atoms with Crippen LogP contribution in [0.1, 0.15) is 23.2 Å². The molecule has 4 rings (SSSR count). The maximum absolute atomic E-state index is 12.4. The van der Waals surface area contributed by atoms with Crippen LogP contribution in [0.15, 0.2) is 71.9 Å². The second-order valence-electron chi connectivity index (χ2n) is 7.63. The van der Waals surface area contributed by atoms with Crippen molar-refractivity contribution < 1.29 is 22.8 Å². The number of carbonyl (C=O) groups excluding carboxylic acids is 3. The molecule has 1 fully saturated rings. The topological polar surface area (TPSA) is 150 Å². The van der Waals surface area contributed by atoms with Crippen molar-refractivity contribution in [1.82, 2.24) is 15.3 Å². The van der Waals surface area contributed by atoms with Crippen LogP contribution in [0.2, 0.25) is 0 Å². The van der Waals surface area contributed by atoms with Gasteiger partial charge < -0.3 is 15.5 Å². The highest BCUT2D eigenvalue weighted by Gasteiger charge is 2.22. The van der Waals surface area contributed by atoms with Crippen LogP contribution < -0.4 is 20.3 Å². The van der Waals surface area contributed by atoms with E-state index in [1.165, 1.54) is 36.7 Å². The smallest absolute Gasteiger partial charge is 0.264 e. The molecule has 0 spiro atoms. The predicted octanol–water partition coefficient (Wildman–Crippen LogP) is 1.77. The number of sulfonamides is 1. The molecular formula is C23H22N6O5S. The highest BCUT2D eigenvalue weighted by molar-refractivity contribution is 7.92. The Morgan fingerprint density at radius 1 is 0.971 bits per heavy atom. The molecule has 3 amide bonds. The summed E-state index contributed by atoms with van der Waals surface area (Å²) >= 11 is 0. The molecule has 2 heterocycles. The number of aromatic nitrogens is 2. The lowest BCUT2D eigenvalue weighted by Gasteiger charge is -2.15. The first-order valence-corrected chi connectivity index (χ1v) is 12.2. The van der Waals surface area contributed by atoms with Gasteiger partial charge in [0.05, 0.1) is 11.4 Å². The fraction of sp³-hybridized carbons (Fsp3) is 0.174. The van der Waals surface area contributed by atoms with Gasteiger partial charge in [-0.25, -0.2) is 23.1 Å². The van der Waals surface area contributed by atoms with Crippen molar-refractivity contribution in [2.24, 2.45) is 0 Å². The van der Waals surface area contributed by atoms with Gasteiger partial charge in [0, 0.05) is 42.3 Å². The number of carbonyl (C=O) groups is 3. The van der Waals surface area contributed by atoms with Crippen molar-refractivity contribution in [1.29, 1.82) is 0 Å². The molecule has 11 nitrogen and oxygen atoms in total. The van der Waals surface area contributed by atoms with Crippen molar-refractivity contribution in [3.63, 3.8) is 0 Å². The highest BCUT2D eigenvalue weighted by atomic mass is 32.2. The van der Waals surface area contributed by atoms with Crippen LogP contribution in [0.25, 0.3) is 0 Å². The second-order valence-corrected chi connectivity index (χ2v) is 9.31. The van der Waals surface area contributed by atoms with Crippen molar-refractivity contribution in [2.75, 3.05) is 28.0 Å². The number of anilines is 3. The summed E-state index contributed by atoms with van der Waals surface area (Å²) in [7, 11) is -3.89. The van der Waals surface area contributed by atoms with Crippen molar-refractivity contribution >= 4 is 45.1 Å². The average molecular weight is 495 g/mol. The summed E-state index contributed by atoms with van der Waals surface area (Å²) in [6.45, 7) is 0.382. The van der Waals surface area contributed by atoms with E-state index in [0.29, 0.717) is 24.2 Å². The van der Waals surface area contributed by atoms with Gasteiger partial charge in [-0.15, -0.1) is 0 Å². The quantitative estimate of drug-likeness (QED) is 0.432. The molecule has 0 radical (unpaired) electrons. The maximum Gasteiger partial charge on any atom is 0.264 e. The van der Waals surface area contributed by atoms with Gasteiger partial charge in [-0.2, -0.15) is 0 Å². The zero-order chi connectivity index (χ0) is 24.8. The molecule has 180 valence electrons. The summed E-state index contributed by atoms with van der Waals surface area (Å²) in [6, 6.07) is 13.7. The summed E-state index contributed by atoms with van der Waals surface area (Å²) in [5.74, 6) is -0.912. The van der Waals surface area contributed by atoms with Gasteiger partial charge in [0.1, 0.15) is 0 Å². The first-order chi connectivity index (χ1) is 16.8. The summed E-state index contributed by atoms with van der Waals surface area (Å²) in [5, 5.41) is 5.12. The number of nitrogens with zero attached hydrogens (tertiary/aromatic N) is 3. The van der Waals surface area contributed by atoms with Crippen LogP contribution in [0.3, 0.4) is 0 Å². The SMILES string of the molecule is O=C(CNC(=O)c1ccc(N2CCCC2=O)cc1)Nc1ccc(S(=O)(=O)Nc2ncccn2)cc1. The summed E-state index contributed by atoms with van der Waals surface area (Å²) < 4.78 is 27.1. The van der Waals surface area contributed by atoms with E-state index < -0.39 is 21.8 Å². The third-order valence-electron chi connectivity index (χ3n) is 5.16. The Hall–Kier alpha value is -4.32. The van der Waals surface area contributed by atoms with E-state index in [0.717, 1.165) is 12.1 Å². The van der Waals surface area contributed by atoms with Crippen LogP contribution in [0.4, 0.5) is 17.3 Å². The fourth-order valence-corrected chi connectivity index (χ4v) is 4.39. The molecule has 1 aliphatic heterocycles. The zero-order valence-corrected chi connectivity index (χ0v) is 19.3. The molecule has 1 aliphatic rings. The van der Waals surface area contributed by atoms with Crippen LogP contribution in [0.5, 0.6) is 0 Å². The molecule has 1 aromatic heterocycles. The lowest BCUT2D eigenvalue weighted by molar-refractivity contribution is -0.117. The molecule has 0 atom stereocenters. The van der Waals surface area contributed by atoms with Gasteiger partial charge in [0.2, 0.25) is 17.8 Å². The minimum atomic E-state index is -3.89. The van der Waals surface area contributed by atoms with E-state index >= 15 is 0 Å². The molecule has 3 N–H and O–H groups in total. The summed E-state index contributed by atoms with van der Waals surface area (Å²) in [5.41, 5.74) is 1.45. The molecule has 12 heteroatoms. The van der Waals surface area contributed by atoms with E-state index in [4.69, 9.17) is 0 Å². The van der Waals surface area contributed by atoms with Crippen LogP contribution in [-0.4, -0.2) is 49.2 Å². The van der Waals surface area contributed by atoms with Gasteiger partial charge >= 0.3 is 0 Å². The first kappa shape index (κ1) is 23.8. The van der Waals surface area contributed by atoms with Crippen LogP contribution in [0, 0.1) is 0 Å². The Morgan fingerprint density at radius 3 is 2.29 bits per heavy atom. The Labute approximate surface area is 201 Å². The first-order valence-electron chi connectivity index (χ1n) is 10.7. The molecule has 0 unspecified atom stereocenters. The normalized spacial score (nSPS) is 13.4. The number of amides is 3. The van der Waals surface area contributed by atoms with E-state index in [2.05, 4.69) is 25.3 Å². The molecular weight excluding hydrogens is 472 g/mol. The number of rotatable bonds is 8. The minimum Gasteiger partial charge on any atom is -0.343 e. The molecule has 1 saturated heterocycles. The van der Waals surface area contributed by atoms with E-state index in [1.54, 1.807) is 35.2 Å². The van der Waals surface area contributed by atoms with Crippen LogP contribution >= 0.6 is 0 Å². The Bertz CT molecular complexity index is 1330. The third-order valence-corrected chi connectivity index (χ3v) is 6.51. The average Bonchev–Trinajstić information content (AvgIpc) is 3.29. The minimum absolute atomic E-state index is 0.0321. The number of nitrogens with one attached hydrogen (secondary N) is 3. The molecule has 0 aliphatic carbocycles. The Balaban J connectivity index is 1.28. The largest absolute Gasteiger partial charge is 0.343 e. The van der Waals surface area contributed by atoms with Crippen LogP contribution in [-0.2, 0) is 19.6 Å². The maximum atomic E-state index is 12.4. The van der Waals surface area contributed by atoms with Gasteiger partial charge in [0.25, 0.3) is 15.9 Å². The monoisotopic (exact) mass is 494 g/mol. The number of hydrogen-bond acceptors (Lipinski definition) is 7. The third kappa shape index (κ3) is 5.98. The molecule has 3 aromatic rings. The lowest BCUT2D eigenvalue weighted by atomic mass is 10.2. The standard InChI is InChI=1S/C23H22N6O5S/c30-20(15-26-22(32)16-4-8-18(9-5-16)29-14-1-3-21(29)31)27-17-6-10-19(11-7-17)35(33,34)28-23-24-12-2-13-25-23/h2,4-13H,1,3,14-15H2,(H,26,32)(H,27,30)(H,24,25,28). The molecule has 2 aromatic carbocycles. The molecule has 35 heavy (non-hydrogen) atoms. The summed E-state index contributed by atoms with van der Waals surface area (Å²) in [6.07, 6.45) is 4.16. The van der Waals surface area contributed by atoms with E-state index in [1.807, 2.05) is 0 Å². The number of hydrogen-bond donors (Lipinski definition) is 3. The van der Waals surface area contributed by atoms with Gasteiger partial charge in [-0.1, -0.05) is 0 Å². The van der Waals surface area contributed by atoms with E-state index in [9.17, 15) is 22.8 Å². The van der Waals surface area contributed by atoms with Gasteiger partial charge in [-0.3, -0.25) is 14.4 Å². The van der Waals surface area contributed by atoms with Crippen molar-refractivity contribution in [3.05, 3.63) is 72.6 Å². The Kier molecular flexibility index (Phi) is 7.01. The summed E-state index contributed by atoms with van der Waals surface area (Å²) in [4.78, 5) is 45.7. The van der Waals surface area contributed by atoms with E-state index in [-0.39, 0.29) is 23.3 Å². The fourth-order valence-electron chi connectivity index (χ4n) is 3.43. The highest BCUT2D eigenvalue weighted by Crippen LogP contribution is 2.21. The van der Waals surface area contributed by atoms with Gasteiger partial charge in [-0.05, 0) is 61.0 Å². The van der Waals surface area contributed by atoms with Crippen molar-refractivity contribution in [2.45, 2.75) is 17.7 Å². The second kappa shape index (κ2) is 10.3. The van der Waals surface area contributed by atoms with Gasteiger partial charge in [0.15, 0.2) is 0 Å². The lowest BCUT2D eigenvalue weighted by Crippen LogP contribution is -2.32. The predicted molar refractivity (Wildman–Crippen MR) is 128 cm³/mol. The molecule has 0 saturated carbocycles. The zero-order valence-electron chi connectivity index (χ0n) is 18.5. The number of benzene rings is 2. The Morgan fingerprint density at radius 2 is 1.66 bits per heavy atom. The van der Waals surface area contributed by atoms with Crippen molar-refractivity contribution in [3.8, 4) is 0 Å². The molecule has 0 bridgehead atoms.